The number of nitrogens with zero attached hydrogens (tertiary/aromatic N) is 3. The van der Waals surface area contributed by atoms with Crippen LogP contribution in [-0.4, -0.2) is 56.4 Å². The van der Waals surface area contributed by atoms with Crippen LogP contribution in [-0.2, 0) is 4.79 Å². The Morgan fingerprint density at radius 3 is 2.78 bits per heavy atom. The summed E-state index contributed by atoms with van der Waals surface area (Å²) in [6, 6.07) is 11.5. The lowest BCUT2D eigenvalue weighted by Crippen LogP contribution is -2.35. The van der Waals surface area contributed by atoms with Gasteiger partial charge in [-0.1, -0.05) is 23.5 Å². The maximum absolute atomic E-state index is 13.2. The number of carbonyl (C=O) groups excluding carboxylic acids is 1. The third-order valence-corrected chi connectivity index (χ3v) is 5.80. The smallest absolute Gasteiger partial charge is 0.252 e. The fourth-order valence-electron chi connectivity index (χ4n) is 3.17. The predicted molar refractivity (Wildman–Crippen MR) is 131 cm³/mol. The molecule has 0 aliphatic carbocycles. The number of benzene rings is 2. The van der Waals surface area contributed by atoms with E-state index in [0.717, 1.165) is 33.8 Å². The van der Waals surface area contributed by atoms with Crippen LogP contribution in [0.15, 0.2) is 42.5 Å². The number of para-hydroxylation sites is 1. The molecule has 9 heteroatoms. The van der Waals surface area contributed by atoms with E-state index < -0.39 is 0 Å². The van der Waals surface area contributed by atoms with Gasteiger partial charge in [0.05, 0.1) is 11.3 Å². The maximum atomic E-state index is 13.2. The Labute approximate surface area is 197 Å². The van der Waals surface area contributed by atoms with E-state index in [1.807, 2.05) is 62.3 Å². The van der Waals surface area contributed by atoms with Gasteiger partial charge in [-0.05, 0) is 56.9 Å². The van der Waals surface area contributed by atoms with Gasteiger partial charge in [0.25, 0.3) is 5.91 Å². The molecule has 0 unspecified atom stereocenters. The molecule has 1 aromatic heterocycles. The maximum Gasteiger partial charge on any atom is 0.252 e. The third kappa shape index (κ3) is 5.32. The van der Waals surface area contributed by atoms with E-state index in [2.05, 4.69) is 0 Å². The molecule has 1 aliphatic rings. The van der Waals surface area contributed by atoms with Gasteiger partial charge in [-0.3, -0.25) is 9.69 Å². The molecule has 0 bridgehead atoms. The Bertz CT molecular complexity index is 1120. The number of halogens is 1. The van der Waals surface area contributed by atoms with Crippen molar-refractivity contribution in [3.05, 3.63) is 48.0 Å². The largest absolute Gasteiger partial charge is 0.492 e. The van der Waals surface area contributed by atoms with Crippen molar-refractivity contribution in [2.45, 2.75) is 6.92 Å². The molecular formula is C23H26ClN3O4S. The van der Waals surface area contributed by atoms with Gasteiger partial charge in [0.2, 0.25) is 6.79 Å². The summed E-state index contributed by atoms with van der Waals surface area (Å²) in [5, 5.41) is 0.657. The summed E-state index contributed by atoms with van der Waals surface area (Å²) in [7, 11) is 3.97. The Kier molecular flexibility index (Phi) is 7.95. The number of carbonyl (C=O) groups is 1. The topological polar surface area (TPSA) is 64.1 Å². The van der Waals surface area contributed by atoms with Crippen LogP contribution < -0.4 is 19.1 Å². The number of anilines is 1. The minimum absolute atomic E-state index is 0. The van der Waals surface area contributed by atoms with Gasteiger partial charge in [0.1, 0.15) is 11.3 Å². The van der Waals surface area contributed by atoms with Gasteiger partial charge >= 0.3 is 0 Å². The number of amides is 1. The van der Waals surface area contributed by atoms with E-state index in [0.29, 0.717) is 24.0 Å². The van der Waals surface area contributed by atoms with Crippen LogP contribution in [0, 0.1) is 0 Å². The van der Waals surface area contributed by atoms with Crippen LogP contribution in [0.4, 0.5) is 5.13 Å². The van der Waals surface area contributed by atoms with Crippen molar-refractivity contribution in [1.29, 1.82) is 0 Å². The van der Waals surface area contributed by atoms with Crippen molar-refractivity contribution in [1.82, 2.24) is 9.88 Å². The third-order valence-electron chi connectivity index (χ3n) is 4.75. The zero-order valence-corrected chi connectivity index (χ0v) is 19.9. The Hall–Kier alpha value is -2.81. The number of aromatic nitrogens is 1. The Balaban J connectivity index is 0.00000289. The molecule has 2 heterocycles. The lowest BCUT2D eigenvalue weighted by molar-refractivity contribution is -0.114. The number of ether oxygens (including phenoxy) is 3. The summed E-state index contributed by atoms with van der Waals surface area (Å²) in [5.41, 5.74) is 1.65. The van der Waals surface area contributed by atoms with Gasteiger partial charge in [-0.15, -0.1) is 12.4 Å². The van der Waals surface area contributed by atoms with Crippen LogP contribution in [0.5, 0.6) is 17.2 Å². The normalized spacial score (nSPS) is 12.4. The molecule has 170 valence electrons. The van der Waals surface area contributed by atoms with E-state index in [1.165, 1.54) is 11.3 Å². The second-order valence-corrected chi connectivity index (χ2v) is 8.28. The van der Waals surface area contributed by atoms with Crippen molar-refractivity contribution >= 4 is 51.1 Å². The molecule has 7 nitrogen and oxygen atoms in total. The highest BCUT2D eigenvalue weighted by Gasteiger charge is 2.20. The van der Waals surface area contributed by atoms with Crippen molar-refractivity contribution in [3.63, 3.8) is 0 Å². The molecule has 1 aliphatic heterocycles. The number of fused-ring (bicyclic) bond motifs is 2. The fourth-order valence-corrected chi connectivity index (χ4v) is 4.19. The second kappa shape index (κ2) is 10.7. The fraction of sp³-hybridized carbons (Fsp3) is 0.304. The lowest BCUT2D eigenvalue weighted by Gasteiger charge is -2.20. The minimum Gasteiger partial charge on any atom is -0.492 e. The van der Waals surface area contributed by atoms with Gasteiger partial charge in [0, 0.05) is 19.2 Å². The van der Waals surface area contributed by atoms with Crippen molar-refractivity contribution in [2.75, 3.05) is 45.5 Å². The average molecular weight is 476 g/mol. The van der Waals surface area contributed by atoms with Gasteiger partial charge in [-0.2, -0.15) is 0 Å². The van der Waals surface area contributed by atoms with Crippen molar-refractivity contribution in [2.24, 2.45) is 0 Å². The van der Waals surface area contributed by atoms with Crippen LogP contribution in [0.3, 0.4) is 0 Å². The first-order valence-corrected chi connectivity index (χ1v) is 10.9. The molecule has 3 aromatic rings. The standard InChI is InChI=1S/C23H25N3O4S.ClH/c1-4-28-18-6-5-7-20-22(18)24-23(31-20)26(13-12-25(2)3)21(27)11-9-16-8-10-17-19(14-16)30-15-29-17;/h5-11,14H,4,12-13,15H2,1-3H3;1H. The summed E-state index contributed by atoms with van der Waals surface area (Å²) in [6.45, 7) is 3.98. The van der Waals surface area contributed by atoms with E-state index in [1.54, 1.807) is 17.1 Å². The minimum atomic E-state index is -0.128. The highest BCUT2D eigenvalue weighted by atomic mass is 35.5. The highest BCUT2D eigenvalue weighted by Crippen LogP contribution is 2.35. The number of rotatable bonds is 8. The summed E-state index contributed by atoms with van der Waals surface area (Å²) < 4.78 is 17.5. The van der Waals surface area contributed by atoms with Crippen molar-refractivity contribution in [3.8, 4) is 17.2 Å². The monoisotopic (exact) mass is 475 g/mol. The summed E-state index contributed by atoms with van der Waals surface area (Å²) in [4.78, 5) is 21.6. The van der Waals surface area contributed by atoms with Crippen LogP contribution >= 0.6 is 23.7 Å². The zero-order valence-electron chi connectivity index (χ0n) is 18.2. The molecule has 2 aromatic carbocycles. The summed E-state index contributed by atoms with van der Waals surface area (Å²) in [5.74, 6) is 2.01. The highest BCUT2D eigenvalue weighted by molar-refractivity contribution is 7.22. The molecule has 0 spiro atoms. The number of hydrogen-bond donors (Lipinski definition) is 0. The molecule has 32 heavy (non-hydrogen) atoms. The van der Waals surface area contributed by atoms with Crippen molar-refractivity contribution < 1.29 is 19.0 Å². The molecular weight excluding hydrogens is 450 g/mol. The number of likely N-dealkylation sites (N-methyl/N-ethyl adjacent to an activating group) is 1. The van der Waals surface area contributed by atoms with Crippen LogP contribution in [0.1, 0.15) is 12.5 Å². The lowest BCUT2D eigenvalue weighted by atomic mass is 10.2. The number of hydrogen-bond acceptors (Lipinski definition) is 7. The summed E-state index contributed by atoms with van der Waals surface area (Å²) >= 11 is 1.49. The first kappa shape index (κ1) is 23.8. The Morgan fingerprint density at radius 1 is 1.19 bits per heavy atom. The van der Waals surface area contributed by atoms with E-state index in [-0.39, 0.29) is 25.1 Å². The molecule has 0 fully saturated rings. The Morgan fingerprint density at radius 2 is 2.00 bits per heavy atom. The molecule has 0 atom stereocenters. The molecule has 0 radical (unpaired) electrons. The molecule has 4 rings (SSSR count). The van der Waals surface area contributed by atoms with Gasteiger partial charge < -0.3 is 19.1 Å². The first-order chi connectivity index (χ1) is 15.0. The molecule has 0 saturated heterocycles. The summed E-state index contributed by atoms with van der Waals surface area (Å²) in [6.07, 6.45) is 3.36. The quantitative estimate of drug-likeness (QED) is 0.448. The SMILES string of the molecule is CCOc1cccc2sc(N(CCN(C)C)C(=O)C=Cc3ccc4c(c3)OCO4)nc12.Cl. The van der Waals surface area contributed by atoms with Crippen LogP contribution in [0.25, 0.3) is 16.3 Å². The second-order valence-electron chi connectivity index (χ2n) is 7.27. The number of thiazole rings is 1. The zero-order chi connectivity index (χ0) is 21.8. The van der Waals surface area contributed by atoms with E-state index >= 15 is 0 Å². The van der Waals surface area contributed by atoms with E-state index in [4.69, 9.17) is 19.2 Å². The molecule has 1 amide bonds. The average Bonchev–Trinajstić information content (AvgIpc) is 3.39. The first-order valence-electron chi connectivity index (χ1n) is 10.1. The predicted octanol–water partition coefficient (Wildman–Crippen LogP) is 4.45. The molecule has 0 saturated carbocycles. The molecule has 0 N–H and O–H groups in total. The van der Waals surface area contributed by atoms with E-state index in [9.17, 15) is 4.79 Å². The van der Waals surface area contributed by atoms with Gasteiger partial charge in [0.15, 0.2) is 16.6 Å². The van der Waals surface area contributed by atoms with Gasteiger partial charge in [-0.25, -0.2) is 4.98 Å². The van der Waals surface area contributed by atoms with Crippen LogP contribution in [0.2, 0.25) is 0 Å².